The molecule has 0 saturated carbocycles. The second-order valence-corrected chi connectivity index (χ2v) is 21.9. The summed E-state index contributed by atoms with van der Waals surface area (Å²) in [6, 6.07) is 35.9. The summed E-state index contributed by atoms with van der Waals surface area (Å²) in [5, 5.41) is 34.9. The van der Waals surface area contributed by atoms with Crippen molar-refractivity contribution < 1.29 is 55.7 Å². The van der Waals surface area contributed by atoms with Crippen molar-refractivity contribution in [3.63, 3.8) is 0 Å². The van der Waals surface area contributed by atoms with Gasteiger partial charge in [-0.1, -0.05) is 130 Å². The standard InChI is InChI=1S/C51H49F6NO6Si/c1-49(2,3)65(40-15-9-5-10-16-40,41-17-11-6-12-18-41)64-31-35-26-42-46(48(63)58(47(42)62)38-28-36(50(52,53)54)27-37(29-38)51(55,56)57)43(30-59)45(35)44(61)24-21-34(33-13-7-4-8-14-33)25-32-19-22-39(60)23-20-32/h4-20,22-23,25,27-29,42-44,46,59-61H,21,24,26,30-31H2,1-3H3/b34-25-/t42-,43+,44-,46-/m1/s1. The number of alkyl halides is 6. The van der Waals surface area contributed by atoms with E-state index < -0.39 is 84.8 Å². The Balaban J connectivity index is 1.34. The summed E-state index contributed by atoms with van der Waals surface area (Å²) in [5.41, 5.74) is -1.25. The Hall–Kier alpha value is -5.80. The van der Waals surface area contributed by atoms with Gasteiger partial charge in [-0.2, -0.15) is 26.3 Å². The number of rotatable bonds is 13. The van der Waals surface area contributed by atoms with Crippen molar-refractivity contribution in [1.29, 1.82) is 0 Å². The maximum atomic E-state index is 14.5. The first-order chi connectivity index (χ1) is 30.7. The summed E-state index contributed by atoms with van der Waals surface area (Å²) >= 11 is 0. The number of halogens is 6. The molecule has 4 atom stereocenters. The summed E-state index contributed by atoms with van der Waals surface area (Å²) in [4.78, 5) is 29.3. The first kappa shape index (κ1) is 47.2. The highest BCUT2D eigenvalue weighted by atomic mass is 28.4. The molecule has 7 rings (SSSR count). The molecule has 1 aliphatic carbocycles. The molecular weight excluding hydrogens is 865 g/mol. The summed E-state index contributed by atoms with van der Waals surface area (Å²) in [7, 11) is -3.32. The molecule has 340 valence electrons. The highest BCUT2D eigenvalue weighted by molar-refractivity contribution is 6.99. The number of phenols is 1. The van der Waals surface area contributed by atoms with Gasteiger partial charge >= 0.3 is 12.4 Å². The highest BCUT2D eigenvalue weighted by Crippen LogP contribution is 2.49. The number of imide groups is 1. The molecule has 65 heavy (non-hydrogen) atoms. The largest absolute Gasteiger partial charge is 0.508 e. The SMILES string of the molecule is CC(C)(C)[Si](OCC1=C([C@H](O)CC/C(=C/c2ccc(O)cc2)c2ccccc2)[C@H](CO)[C@@H]2C(=O)N(c3cc(C(F)(F)F)cc(C(F)(F)F)c3)C(=O)[C@@H]2C1)(c1ccccc1)c1ccccc1. The fourth-order valence-electron chi connectivity index (χ4n) is 9.54. The van der Waals surface area contributed by atoms with Crippen LogP contribution in [0.2, 0.25) is 5.04 Å². The zero-order valence-electron chi connectivity index (χ0n) is 35.9. The second-order valence-electron chi connectivity index (χ2n) is 17.6. The normalized spacial score (nSPS) is 19.2. The van der Waals surface area contributed by atoms with Crippen LogP contribution in [0, 0.1) is 17.8 Å². The van der Waals surface area contributed by atoms with Crippen LogP contribution in [0.4, 0.5) is 32.0 Å². The third kappa shape index (κ3) is 9.62. The predicted octanol–water partition coefficient (Wildman–Crippen LogP) is 9.80. The van der Waals surface area contributed by atoms with Gasteiger partial charge in [0.2, 0.25) is 11.8 Å². The Morgan fingerprint density at radius 3 is 1.78 bits per heavy atom. The Bertz CT molecular complexity index is 2480. The topological polar surface area (TPSA) is 107 Å². The predicted molar refractivity (Wildman–Crippen MR) is 239 cm³/mol. The van der Waals surface area contributed by atoms with E-state index in [9.17, 15) is 51.3 Å². The number of amides is 2. The number of aliphatic hydroxyl groups excluding tert-OH is 2. The number of benzene rings is 5. The molecule has 5 aromatic rings. The van der Waals surface area contributed by atoms with E-state index in [4.69, 9.17) is 4.43 Å². The number of phenolic OH excluding ortho intramolecular Hbond substituents is 1. The van der Waals surface area contributed by atoms with Crippen molar-refractivity contribution in [1.82, 2.24) is 0 Å². The molecule has 1 saturated heterocycles. The Morgan fingerprint density at radius 1 is 0.769 bits per heavy atom. The van der Waals surface area contributed by atoms with Crippen LogP contribution >= 0.6 is 0 Å². The number of aliphatic hydroxyl groups is 2. The molecular formula is C51H49F6NO6Si. The third-order valence-corrected chi connectivity index (χ3v) is 17.5. The molecule has 0 radical (unpaired) electrons. The van der Waals surface area contributed by atoms with Crippen molar-refractivity contribution in [3.05, 3.63) is 167 Å². The maximum absolute atomic E-state index is 14.5. The summed E-state index contributed by atoms with van der Waals surface area (Å²) in [6.07, 6.45) is -9.88. The molecule has 3 N–H and O–H groups in total. The molecule has 1 fully saturated rings. The lowest BCUT2D eigenvalue weighted by molar-refractivity contribution is -0.143. The molecule has 1 aliphatic heterocycles. The van der Waals surface area contributed by atoms with Crippen molar-refractivity contribution in [2.24, 2.45) is 17.8 Å². The average molecular weight is 914 g/mol. The number of carbonyl (C=O) groups is 2. The first-order valence-electron chi connectivity index (χ1n) is 21.2. The number of fused-ring (bicyclic) bond motifs is 1. The van der Waals surface area contributed by atoms with Gasteiger partial charge in [0.15, 0.2) is 0 Å². The van der Waals surface area contributed by atoms with E-state index in [1.54, 1.807) is 24.3 Å². The molecule has 5 aromatic carbocycles. The quantitative estimate of drug-likeness (QED) is 0.0357. The third-order valence-electron chi connectivity index (χ3n) is 12.5. The molecule has 0 spiro atoms. The fourth-order valence-corrected chi connectivity index (χ4v) is 14.1. The van der Waals surface area contributed by atoms with Gasteiger partial charge in [0.25, 0.3) is 8.32 Å². The smallest absolute Gasteiger partial charge is 0.416 e. The second kappa shape index (κ2) is 18.6. The molecule has 1 heterocycles. The molecule has 2 amide bonds. The lowest BCUT2D eigenvalue weighted by atomic mass is 9.68. The number of carbonyl (C=O) groups excluding carboxylic acids is 2. The number of aromatic hydroxyl groups is 1. The minimum Gasteiger partial charge on any atom is -0.508 e. The van der Waals surface area contributed by atoms with E-state index in [0.29, 0.717) is 22.6 Å². The van der Waals surface area contributed by atoms with E-state index in [2.05, 4.69) is 20.8 Å². The van der Waals surface area contributed by atoms with Crippen molar-refractivity contribution in [2.45, 2.75) is 63.5 Å². The van der Waals surface area contributed by atoms with E-state index in [0.717, 1.165) is 27.1 Å². The molecule has 2 aliphatic rings. The van der Waals surface area contributed by atoms with E-state index in [1.807, 2.05) is 97.1 Å². The van der Waals surface area contributed by atoms with Crippen molar-refractivity contribution in [3.8, 4) is 5.75 Å². The first-order valence-corrected chi connectivity index (χ1v) is 23.1. The lowest BCUT2D eigenvalue weighted by Gasteiger charge is -2.44. The average Bonchev–Trinajstić information content (AvgIpc) is 3.53. The monoisotopic (exact) mass is 913 g/mol. The molecule has 7 nitrogen and oxygen atoms in total. The lowest BCUT2D eigenvalue weighted by Crippen LogP contribution is -2.66. The molecule has 0 bridgehead atoms. The van der Waals surface area contributed by atoms with Gasteiger partial charge in [-0.3, -0.25) is 9.59 Å². The van der Waals surface area contributed by atoms with Gasteiger partial charge in [-0.05, 0) is 92.9 Å². The summed E-state index contributed by atoms with van der Waals surface area (Å²) in [6.45, 7) is 5.21. The Morgan fingerprint density at radius 2 is 1.29 bits per heavy atom. The maximum Gasteiger partial charge on any atom is 0.416 e. The van der Waals surface area contributed by atoms with Gasteiger partial charge in [0.05, 0.1) is 48.0 Å². The minimum absolute atomic E-state index is 0.0408. The highest BCUT2D eigenvalue weighted by Gasteiger charge is 2.57. The van der Waals surface area contributed by atoms with Crippen LogP contribution in [0.15, 0.2) is 145 Å². The van der Waals surface area contributed by atoms with Crippen LogP contribution in [-0.4, -0.2) is 54.8 Å². The van der Waals surface area contributed by atoms with E-state index in [-0.39, 0.29) is 43.3 Å². The number of hydrogen-bond donors (Lipinski definition) is 3. The zero-order valence-corrected chi connectivity index (χ0v) is 36.9. The van der Waals surface area contributed by atoms with Crippen LogP contribution in [-0.2, 0) is 26.4 Å². The van der Waals surface area contributed by atoms with Gasteiger partial charge in [0, 0.05) is 5.92 Å². The van der Waals surface area contributed by atoms with Gasteiger partial charge < -0.3 is 19.7 Å². The van der Waals surface area contributed by atoms with Crippen LogP contribution in [0.5, 0.6) is 5.75 Å². The van der Waals surface area contributed by atoms with E-state index in [1.165, 1.54) is 0 Å². The van der Waals surface area contributed by atoms with Crippen LogP contribution in [0.25, 0.3) is 11.6 Å². The minimum atomic E-state index is -5.25. The Labute approximate surface area is 374 Å². The number of anilines is 1. The van der Waals surface area contributed by atoms with Crippen LogP contribution < -0.4 is 15.3 Å². The van der Waals surface area contributed by atoms with Crippen molar-refractivity contribution in [2.75, 3.05) is 18.1 Å². The summed E-state index contributed by atoms with van der Waals surface area (Å²) in [5.74, 6) is -6.04. The summed E-state index contributed by atoms with van der Waals surface area (Å²) < 4.78 is 91.6. The van der Waals surface area contributed by atoms with Gasteiger partial charge in [0.1, 0.15) is 5.75 Å². The Kier molecular flexibility index (Phi) is 13.5. The molecule has 0 unspecified atom stereocenters. The molecule has 0 aromatic heterocycles. The number of nitrogens with zero attached hydrogens (tertiary/aromatic N) is 1. The van der Waals surface area contributed by atoms with Gasteiger partial charge in [-0.15, -0.1) is 0 Å². The fraction of sp³-hybridized carbons (Fsp3) is 0.294. The van der Waals surface area contributed by atoms with Crippen LogP contribution in [0.3, 0.4) is 0 Å². The molecule has 14 heteroatoms. The number of allylic oxidation sites excluding steroid dienone is 1. The van der Waals surface area contributed by atoms with Crippen molar-refractivity contribution >= 4 is 47.8 Å². The van der Waals surface area contributed by atoms with Gasteiger partial charge in [-0.25, -0.2) is 4.90 Å². The van der Waals surface area contributed by atoms with Crippen LogP contribution in [0.1, 0.15) is 62.3 Å². The zero-order chi connectivity index (χ0) is 46.9. The number of hydrogen-bond acceptors (Lipinski definition) is 6. The van der Waals surface area contributed by atoms with E-state index >= 15 is 0 Å².